The summed E-state index contributed by atoms with van der Waals surface area (Å²) in [6.45, 7) is 3.68. The van der Waals surface area contributed by atoms with Gasteiger partial charge in [-0.15, -0.1) is 0 Å². The van der Waals surface area contributed by atoms with Crippen molar-refractivity contribution in [2.75, 3.05) is 4.90 Å². The molecule has 1 N–H and O–H groups in total. The Morgan fingerprint density at radius 2 is 1.67 bits per heavy atom. The maximum atomic E-state index is 13.0. The van der Waals surface area contributed by atoms with Crippen molar-refractivity contribution in [2.45, 2.75) is 19.9 Å². The van der Waals surface area contributed by atoms with Crippen LogP contribution in [0.5, 0.6) is 0 Å². The molecule has 3 aromatic rings. The van der Waals surface area contributed by atoms with Gasteiger partial charge in [-0.3, -0.25) is 14.5 Å². The third kappa shape index (κ3) is 3.16. The fraction of sp³-hybridized carbons (Fsp3) is 0.125. The molecular formula is C24H18N2O4. The summed E-state index contributed by atoms with van der Waals surface area (Å²) in [4.78, 5) is 27.2. The van der Waals surface area contributed by atoms with Crippen LogP contribution >= 0.6 is 0 Å². The molecule has 0 spiro atoms. The van der Waals surface area contributed by atoms with Crippen molar-refractivity contribution in [3.8, 4) is 6.07 Å². The second-order valence-corrected chi connectivity index (χ2v) is 7.14. The molecule has 0 saturated carbocycles. The first kappa shape index (κ1) is 19.2. The van der Waals surface area contributed by atoms with Crippen LogP contribution in [0.15, 0.2) is 70.7 Å². The van der Waals surface area contributed by atoms with Gasteiger partial charge < -0.3 is 9.52 Å². The lowest BCUT2D eigenvalue weighted by atomic mass is 9.98. The zero-order valence-corrected chi connectivity index (χ0v) is 16.4. The van der Waals surface area contributed by atoms with Crippen molar-refractivity contribution in [1.82, 2.24) is 0 Å². The number of aliphatic hydroxyl groups excluding tert-OH is 1. The predicted octanol–water partition coefficient (Wildman–Crippen LogP) is 4.39. The molecular weight excluding hydrogens is 380 g/mol. The molecule has 1 saturated heterocycles. The van der Waals surface area contributed by atoms with Crippen LogP contribution in [-0.2, 0) is 9.59 Å². The first-order chi connectivity index (χ1) is 14.4. The van der Waals surface area contributed by atoms with Gasteiger partial charge in [-0.25, -0.2) is 0 Å². The van der Waals surface area contributed by atoms with E-state index < -0.39 is 17.7 Å². The van der Waals surface area contributed by atoms with Gasteiger partial charge >= 0.3 is 0 Å². The molecule has 30 heavy (non-hydrogen) atoms. The molecule has 148 valence electrons. The summed E-state index contributed by atoms with van der Waals surface area (Å²) in [6.07, 6.45) is 0. The zero-order chi connectivity index (χ0) is 21.4. The van der Waals surface area contributed by atoms with E-state index in [1.807, 2.05) is 25.1 Å². The number of hydrogen-bond donors (Lipinski definition) is 1. The number of furan rings is 1. The molecule has 2 heterocycles. The average Bonchev–Trinajstić information content (AvgIpc) is 3.29. The fourth-order valence-electron chi connectivity index (χ4n) is 3.53. The minimum absolute atomic E-state index is 0.0393. The van der Waals surface area contributed by atoms with Crippen LogP contribution in [0.25, 0.3) is 5.76 Å². The van der Waals surface area contributed by atoms with E-state index in [1.165, 1.54) is 4.90 Å². The second kappa shape index (κ2) is 7.37. The predicted molar refractivity (Wildman–Crippen MR) is 111 cm³/mol. The van der Waals surface area contributed by atoms with Crippen LogP contribution in [0.4, 0.5) is 5.69 Å². The molecule has 1 atom stereocenters. The van der Waals surface area contributed by atoms with Crippen LogP contribution in [-0.4, -0.2) is 16.8 Å². The number of benzene rings is 2. The highest BCUT2D eigenvalue weighted by molar-refractivity contribution is 6.51. The number of aryl methyl sites for hydroxylation is 2. The number of aliphatic hydroxyl groups is 1. The average molecular weight is 398 g/mol. The van der Waals surface area contributed by atoms with Gasteiger partial charge in [-0.1, -0.05) is 29.8 Å². The Kier molecular flexibility index (Phi) is 4.72. The van der Waals surface area contributed by atoms with Gasteiger partial charge in [0.05, 0.1) is 17.2 Å². The number of rotatable bonds is 3. The van der Waals surface area contributed by atoms with Gasteiger partial charge in [-0.05, 0) is 50.2 Å². The van der Waals surface area contributed by atoms with E-state index in [4.69, 9.17) is 9.68 Å². The molecule has 0 aliphatic carbocycles. The van der Waals surface area contributed by atoms with E-state index in [9.17, 15) is 14.7 Å². The van der Waals surface area contributed by atoms with Crippen molar-refractivity contribution in [3.63, 3.8) is 0 Å². The molecule has 2 aromatic carbocycles. The Labute approximate surface area is 173 Å². The van der Waals surface area contributed by atoms with Crippen molar-refractivity contribution >= 4 is 23.1 Å². The molecule has 6 heteroatoms. The molecule has 6 nitrogen and oxygen atoms in total. The second-order valence-electron chi connectivity index (χ2n) is 7.14. The standard InChI is InChI=1S/C24H18N2O4/c1-14-3-8-17(9-4-14)22(27)20-21(19-12-5-15(2)30-19)26(24(29)23(20)28)18-10-6-16(13-25)7-11-18/h3-12,21,27H,1-2H3/b22-20-. The molecule has 1 aromatic heterocycles. The van der Waals surface area contributed by atoms with Gasteiger partial charge in [0.25, 0.3) is 11.7 Å². The van der Waals surface area contributed by atoms with Crippen LogP contribution in [0.3, 0.4) is 0 Å². The van der Waals surface area contributed by atoms with Gasteiger partial charge in [0.2, 0.25) is 0 Å². The summed E-state index contributed by atoms with van der Waals surface area (Å²) in [5, 5.41) is 20.0. The van der Waals surface area contributed by atoms with Crippen LogP contribution < -0.4 is 4.90 Å². The third-order valence-corrected chi connectivity index (χ3v) is 5.07. The van der Waals surface area contributed by atoms with Gasteiger partial charge in [0, 0.05) is 11.3 Å². The van der Waals surface area contributed by atoms with E-state index in [0.717, 1.165) is 5.56 Å². The summed E-state index contributed by atoms with van der Waals surface area (Å²) in [6, 6.07) is 17.9. The van der Waals surface area contributed by atoms with E-state index in [2.05, 4.69) is 0 Å². The number of Topliss-reactive ketones (excluding diaryl/α,β-unsaturated/α-hetero) is 1. The lowest BCUT2D eigenvalue weighted by Gasteiger charge is -2.23. The van der Waals surface area contributed by atoms with Crippen molar-refractivity contribution in [3.05, 3.63) is 94.4 Å². The number of anilines is 1. The van der Waals surface area contributed by atoms with Crippen LogP contribution in [0.1, 0.15) is 34.3 Å². The number of amides is 1. The molecule has 1 amide bonds. The van der Waals surface area contributed by atoms with Gasteiger partial charge in [0.1, 0.15) is 23.3 Å². The third-order valence-electron chi connectivity index (χ3n) is 5.07. The fourth-order valence-corrected chi connectivity index (χ4v) is 3.53. The minimum atomic E-state index is -0.923. The highest BCUT2D eigenvalue weighted by Crippen LogP contribution is 2.42. The normalized spacial score (nSPS) is 17.9. The lowest BCUT2D eigenvalue weighted by Crippen LogP contribution is -2.29. The maximum absolute atomic E-state index is 13.0. The Hall–Kier alpha value is -4.11. The number of carbonyl (C=O) groups excluding carboxylic acids is 2. The molecule has 1 aliphatic rings. The minimum Gasteiger partial charge on any atom is -0.507 e. The number of carbonyl (C=O) groups is 2. The topological polar surface area (TPSA) is 94.5 Å². The Morgan fingerprint density at radius 1 is 1.00 bits per heavy atom. The number of nitrogens with zero attached hydrogens (tertiary/aromatic N) is 2. The molecule has 4 rings (SSSR count). The zero-order valence-electron chi connectivity index (χ0n) is 16.4. The van der Waals surface area contributed by atoms with Crippen molar-refractivity contribution in [2.24, 2.45) is 0 Å². The molecule has 1 unspecified atom stereocenters. The Balaban J connectivity index is 1.91. The molecule has 0 radical (unpaired) electrons. The maximum Gasteiger partial charge on any atom is 0.300 e. The first-order valence-electron chi connectivity index (χ1n) is 9.35. The van der Waals surface area contributed by atoms with E-state index in [0.29, 0.717) is 28.3 Å². The highest BCUT2D eigenvalue weighted by Gasteiger charge is 2.48. The van der Waals surface area contributed by atoms with E-state index in [1.54, 1.807) is 55.5 Å². The van der Waals surface area contributed by atoms with E-state index >= 15 is 0 Å². The summed E-state index contributed by atoms with van der Waals surface area (Å²) in [5.74, 6) is -0.845. The first-order valence-corrected chi connectivity index (χ1v) is 9.35. The van der Waals surface area contributed by atoms with Crippen LogP contribution in [0.2, 0.25) is 0 Å². The van der Waals surface area contributed by atoms with Crippen molar-refractivity contribution < 1.29 is 19.1 Å². The summed E-state index contributed by atoms with van der Waals surface area (Å²) in [7, 11) is 0. The number of hydrogen-bond acceptors (Lipinski definition) is 5. The monoisotopic (exact) mass is 398 g/mol. The van der Waals surface area contributed by atoms with Gasteiger partial charge in [0.15, 0.2) is 0 Å². The highest BCUT2D eigenvalue weighted by atomic mass is 16.3. The lowest BCUT2D eigenvalue weighted by molar-refractivity contribution is -0.132. The molecule has 0 bridgehead atoms. The number of nitriles is 1. The van der Waals surface area contributed by atoms with Crippen molar-refractivity contribution in [1.29, 1.82) is 5.26 Å². The molecule has 1 fully saturated rings. The summed E-state index contributed by atoms with van der Waals surface area (Å²) in [5.41, 5.74) is 2.26. The van der Waals surface area contributed by atoms with Gasteiger partial charge in [-0.2, -0.15) is 5.26 Å². The summed E-state index contributed by atoms with van der Waals surface area (Å²) < 4.78 is 5.75. The quantitative estimate of drug-likeness (QED) is 0.401. The Morgan fingerprint density at radius 3 is 2.23 bits per heavy atom. The summed E-state index contributed by atoms with van der Waals surface area (Å²) >= 11 is 0. The smallest absolute Gasteiger partial charge is 0.300 e. The SMILES string of the molecule is Cc1ccc(/C(O)=C2/C(=O)C(=O)N(c3ccc(C#N)cc3)C2c2ccc(C)o2)cc1. The Bertz CT molecular complexity index is 1210. The van der Waals surface area contributed by atoms with E-state index in [-0.39, 0.29) is 11.3 Å². The van der Waals surface area contributed by atoms with Crippen LogP contribution in [0, 0.1) is 25.2 Å². The number of ketones is 1. The largest absolute Gasteiger partial charge is 0.507 e. The molecule has 1 aliphatic heterocycles.